The maximum absolute atomic E-state index is 13.0. The van der Waals surface area contributed by atoms with Crippen molar-refractivity contribution in [3.05, 3.63) is 64.7 Å². The number of nitrogens with zero attached hydrogens (tertiary/aromatic N) is 1. The second-order valence-corrected chi connectivity index (χ2v) is 11.1. The Kier molecular flexibility index (Phi) is 8.86. The number of ether oxygens (including phenoxy) is 1. The zero-order valence-corrected chi connectivity index (χ0v) is 23.2. The monoisotopic (exact) mass is 548 g/mol. The molecule has 0 radical (unpaired) electrons. The molecule has 0 saturated heterocycles. The molecular formula is C30H36N4O6. The summed E-state index contributed by atoms with van der Waals surface area (Å²) in [4.78, 5) is 63.9. The smallest absolute Gasteiger partial charge is 0.407 e. The molecule has 4 rings (SSSR count). The summed E-state index contributed by atoms with van der Waals surface area (Å²) < 4.78 is 5.13. The topological polar surface area (TPSA) is 134 Å². The maximum atomic E-state index is 13.0. The quantitative estimate of drug-likeness (QED) is 0.419. The zero-order chi connectivity index (χ0) is 28.9. The average Bonchev–Trinajstić information content (AvgIpc) is 3.16. The second kappa shape index (κ2) is 12.3. The lowest BCUT2D eigenvalue weighted by Crippen LogP contribution is -2.40. The molecule has 0 spiro atoms. The van der Waals surface area contributed by atoms with E-state index in [1.54, 1.807) is 57.2 Å². The van der Waals surface area contributed by atoms with Gasteiger partial charge in [-0.2, -0.15) is 0 Å². The van der Waals surface area contributed by atoms with Gasteiger partial charge in [0.25, 0.3) is 17.7 Å². The molecule has 1 saturated carbocycles. The van der Waals surface area contributed by atoms with Gasteiger partial charge in [-0.1, -0.05) is 31.4 Å². The number of hydrogen-bond donors (Lipinski definition) is 3. The number of fused-ring (bicyclic) bond motifs is 1. The van der Waals surface area contributed by atoms with Crippen molar-refractivity contribution in [3.63, 3.8) is 0 Å². The highest BCUT2D eigenvalue weighted by atomic mass is 16.6. The van der Waals surface area contributed by atoms with E-state index in [4.69, 9.17) is 4.74 Å². The van der Waals surface area contributed by atoms with Crippen molar-refractivity contribution in [1.82, 2.24) is 15.5 Å². The third-order valence-electron chi connectivity index (χ3n) is 6.84. The number of imide groups is 1. The summed E-state index contributed by atoms with van der Waals surface area (Å²) in [7, 11) is 0. The molecule has 0 atom stereocenters. The Morgan fingerprint density at radius 1 is 0.900 bits per heavy atom. The van der Waals surface area contributed by atoms with Crippen LogP contribution in [0.5, 0.6) is 0 Å². The van der Waals surface area contributed by atoms with Crippen LogP contribution in [-0.4, -0.2) is 52.8 Å². The molecule has 2 aromatic rings. The number of amides is 5. The Morgan fingerprint density at radius 3 is 2.25 bits per heavy atom. The van der Waals surface area contributed by atoms with Crippen LogP contribution in [0, 0.1) is 0 Å². The summed E-state index contributed by atoms with van der Waals surface area (Å²) in [6.45, 7) is 5.74. The lowest BCUT2D eigenvalue weighted by atomic mass is 9.94. The Balaban J connectivity index is 1.26. The van der Waals surface area contributed by atoms with Gasteiger partial charge in [-0.3, -0.25) is 24.1 Å². The Bertz CT molecular complexity index is 1290. The summed E-state index contributed by atoms with van der Waals surface area (Å²) in [5.41, 5.74) is 1.69. The number of hydrogen-bond acceptors (Lipinski definition) is 6. The van der Waals surface area contributed by atoms with Crippen LogP contribution in [0.25, 0.3) is 0 Å². The zero-order valence-electron chi connectivity index (χ0n) is 23.2. The molecule has 0 aromatic heterocycles. The van der Waals surface area contributed by atoms with Crippen LogP contribution in [-0.2, 0) is 16.1 Å². The van der Waals surface area contributed by atoms with E-state index in [0.717, 1.165) is 37.7 Å². The van der Waals surface area contributed by atoms with Crippen LogP contribution in [0.1, 0.15) is 95.9 Å². The summed E-state index contributed by atoms with van der Waals surface area (Å²) in [6, 6.07) is 11.5. The number of benzene rings is 2. The highest BCUT2D eigenvalue weighted by Gasteiger charge is 2.40. The molecular weight excluding hydrogens is 512 g/mol. The van der Waals surface area contributed by atoms with Gasteiger partial charge in [-0.25, -0.2) is 4.79 Å². The first kappa shape index (κ1) is 28.8. The molecule has 10 heteroatoms. The minimum atomic E-state index is -0.602. The largest absolute Gasteiger partial charge is 0.444 e. The van der Waals surface area contributed by atoms with Crippen molar-refractivity contribution in [2.75, 3.05) is 11.9 Å². The van der Waals surface area contributed by atoms with Crippen LogP contribution >= 0.6 is 0 Å². The lowest BCUT2D eigenvalue weighted by molar-refractivity contribution is -0.121. The van der Waals surface area contributed by atoms with Crippen molar-refractivity contribution >= 4 is 35.4 Å². The van der Waals surface area contributed by atoms with Crippen molar-refractivity contribution < 1.29 is 28.7 Å². The van der Waals surface area contributed by atoms with E-state index >= 15 is 0 Å². The molecule has 2 aromatic carbocycles. The average molecular weight is 549 g/mol. The van der Waals surface area contributed by atoms with Crippen molar-refractivity contribution in [1.29, 1.82) is 0 Å². The lowest BCUT2D eigenvalue weighted by Gasteiger charge is -2.29. The molecule has 0 bridgehead atoms. The van der Waals surface area contributed by atoms with Gasteiger partial charge in [-0.05, 0) is 69.5 Å². The van der Waals surface area contributed by atoms with Crippen molar-refractivity contribution in [3.8, 4) is 0 Å². The van der Waals surface area contributed by atoms with Crippen LogP contribution < -0.4 is 16.0 Å². The van der Waals surface area contributed by atoms with Crippen molar-refractivity contribution in [2.24, 2.45) is 0 Å². The van der Waals surface area contributed by atoms with Gasteiger partial charge in [-0.15, -0.1) is 0 Å². The van der Waals surface area contributed by atoms with E-state index in [-0.39, 0.29) is 48.8 Å². The van der Waals surface area contributed by atoms with Gasteiger partial charge in [0, 0.05) is 36.8 Å². The number of rotatable bonds is 8. The summed E-state index contributed by atoms with van der Waals surface area (Å²) in [5.74, 6) is -1.22. The maximum Gasteiger partial charge on any atom is 0.407 e. The van der Waals surface area contributed by atoms with E-state index in [1.165, 1.54) is 11.0 Å². The first-order chi connectivity index (χ1) is 19.0. The number of carbonyl (C=O) groups excluding carboxylic acids is 5. The van der Waals surface area contributed by atoms with E-state index in [0.29, 0.717) is 16.8 Å². The molecule has 1 heterocycles. The molecule has 5 amide bonds. The number of alkyl carbamates (subject to hydrolysis) is 1. The normalized spacial score (nSPS) is 15.4. The van der Waals surface area contributed by atoms with Gasteiger partial charge in [0.2, 0.25) is 5.91 Å². The summed E-state index contributed by atoms with van der Waals surface area (Å²) in [6.07, 6.45) is 4.32. The Morgan fingerprint density at radius 2 is 1.57 bits per heavy atom. The molecule has 40 heavy (non-hydrogen) atoms. The Hall–Kier alpha value is -4.21. The van der Waals surface area contributed by atoms with Gasteiger partial charge >= 0.3 is 6.09 Å². The summed E-state index contributed by atoms with van der Waals surface area (Å²) in [5, 5.41) is 8.14. The molecule has 10 nitrogen and oxygen atoms in total. The van der Waals surface area contributed by atoms with Crippen LogP contribution in [0.2, 0.25) is 0 Å². The third-order valence-corrected chi connectivity index (χ3v) is 6.84. The first-order valence-electron chi connectivity index (χ1n) is 13.7. The van der Waals surface area contributed by atoms with Crippen LogP contribution in [0.4, 0.5) is 10.5 Å². The molecule has 3 N–H and O–H groups in total. The highest BCUT2D eigenvalue weighted by Crippen LogP contribution is 2.31. The number of carbonyl (C=O) groups is 5. The van der Waals surface area contributed by atoms with Crippen LogP contribution in [0.3, 0.4) is 0 Å². The molecule has 1 aliphatic carbocycles. The first-order valence-corrected chi connectivity index (χ1v) is 13.7. The van der Waals surface area contributed by atoms with E-state index in [2.05, 4.69) is 16.0 Å². The predicted molar refractivity (Wildman–Crippen MR) is 149 cm³/mol. The summed E-state index contributed by atoms with van der Waals surface area (Å²) >= 11 is 0. The minimum absolute atomic E-state index is 0.0735. The highest BCUT2D eigenvalue weighted by molar-refractivity contribution is 6.22. The molecule has 1 fully saturated rings. The fourth-order valence-corrected chi connectivity index (χ4v) is 4.86. The fourth-order valence-electron chi connectivity index (χ4n) is 4.86. The Labute approximate surface area is 233 Å². The van der Waals surface area contributed by atoms with Crippen LogP contribution in [0.15, 0.2) is 42.5 Å². The number of nitrogens with one attached hydrogen (secondary N) is 3. The molecule has 212 valence electrons. The standard InChI is InChI=1S/C30H36N4O6/c1-30(2,3)40-29(39)31-16-15-25(35)32-18-19-9-12-21(13-10-19)33-26(36)20-11-14-23-24(17-20)28(38)34(27(23)37)22-7-5-4-6-8-22/h9-14,17,22H,4-8,15-16,18H2,1-3H3,(H,31,39)(H,32,35)(H,33,36). The van der Waals surface area contributed by atoms with Gasteiger partial charge < -0.3 is 20.7 Å². The van der Waals surface area contributed by atoms with E-state index < -0.39 is 17.6 Å². The fraction of sp³-hybridized carbons (Fsp3) is 0.433. The van der Waals surface area contributed by atoms with Gasteiger partial charge in [0.15, 0.2) is 0 Å². The van der Waals surface area contributed by atoms with E-state index in [9.17, 15) is 24.0 Å². The molecule has 2 aliphatic rings. The van der Waals surface area contributed by atoms with E-state index in [1.807, 2.05) is 0 Å². The SMILES string of the molecule is CC(C)(C)OC(=O)NCCC(=O)NCc1ccc(NC(=O)c2ccc3c(c2)C(=O)N(C2CCCCC2)C3=O)cc1. The molecule has 0 unspecified atom stereocenters. The van der Waals surface area contributed by atoms with Gasteiger partial charge in [0.1, 0.15) is 5.60 Å². The second-order valence-electron chi connectivity index (χ2n) is 11.1. The third kappa shape index (κ3) is 7.25. The molecule has 1 aliphatic heterocycles. The number of anilines is 1. The van der Waals surface area contributed by atoms with Crippen molar-refractivity contribution in [2.45, 2.75) is 77.5 Å². The minimum Gasteiger partial charge on any atom is -0.444 e. The van der Waals surface area contributed by atoms with Gasteiger partial charge in [0.05, 0.1) is 11.1 Å². The predicted octanol–water partition coefficient (Wildman–Crippen LogP) is 4.40.